The Balaban J connectivity index is 1.67. The molecule has 1 aliphatic rings. The molecule has 0 radical (unpaired) electrons. The molecule has 1 aromatic rings. The van der Waals surface area contributed by atoms with E-state index in [2.05, 4.69) is 20.8 Å². The summed E-state index contributed by atoms with van der Waals surface area (Å²) in [6, 6.07) is 7.93. The number of thiocarbonyl (C=S) groups is 1. The van der Waals surface area contributed by atoms with Crippen LogP contribution in [0.2, 0.25) is 0 Å². The van der Waals surface area contributed by atoms with Gasteiger partial charge in [-0.1, -0.05) is 28.1 Å². The van der Waals surface area contributed by atoms with E-state index in [1.54, 1.807) is 0 Å². The fourth-order valence-electron chi connectivity index (χ4n) is 2.26. The molecule has 19 heavy (non-hydrogen) atoms. The second-order valence-electron chi connectivity index (χ2n) is 4.82. The minimum atomic E-state index is 0.429. The van der Waals surface area contributed by atoms with E-state index in [1.807, 2.05) is 24.3 Å². The molecule has 1 aliphatic heterocycles. The largest absolute Gasteiger partial charge is 0.492 e. The van der Waals surface area contributed by atoms with Crippen molar-refractivity contribution < 1.29 is 4.74 Å². The van der Waals surface area contributed by atoms with Gasteiger partial charge in [0.1, 0.15) is 12.4 Å². The molecule has 0 bridgehead atoms. The Morgan fingerprint density at radius 2 is 1.95 bits per heavy atom. The molecule has 0 unspecified atom stereocenters. The first kappa shape index (κ1) is 14.8. The minimum absolute atomic E-state index is 0.429. The lowest BCUT2D eigenvalue weighted by Crippen LogP contribution is -2.39. The Morgan fingerprint density at radius 1 is 1.32 bits per heavy atom. The highest BCUT2D eigenvalue weighted by Gasteiger charge is 2.20. The number of ether oxygens (including phenoxy) is 1. The summed E-state index contributed by atoms with van der Waals surface area (Å²) in [6.07, 6.45) is 2.15. The molecule has 0 saturated carbocycles. The summed E-state index contributed by atoms with van der Waals surface area (Å²) in [5.41, 5.74) is 5.69. The molecule has 0 spiro atoms. The van der Waals surface area contributed by atoms with Gasteiger partial charge in [0.2, 0.25) is 0 Å². The Labute approximate surface area is 128 Å². The standard InChI is InChI=1S/C14H19BrN2OS/c15-12-1-3-13(4-2-12)18-10-9-17-7-5-11(6-8-17)14(16)19/h1-4,11H,5-10H2,(H2,16,19). The van der Waals surface area contributed by atoms with Gasteiger partial charge in [-0.2, -0.15) is 0 Å². The highest BCUT2D eigenvalue weighted by molar-refractivity contribution is 9.10. The smallest absolute Gasteiger partial charge is 0.119 e. The van der Waals surface area contributed by atoms with Crippen molar-refractivity contribution in [3.8, 4) is 5.75 Å². The van der Waals surface area contributed by atoms with Crippen molar-refractivity contribution in [1.29, 1.82) is 0 Å². The maximum absolute atomic E-state index is 5.73. The van der Waals surface area contributed by atoms with Crippen molar-refractivity contribution in [3.05, 3.63) is 28.7 Å². The number of hydrogen-bond acceptors (Lipinski definition) is 3. The van der Waals surface area contributed by atoms with Gasteiger partial charge in [0.25, 0.3) is 0 Å². The summed E-state index contributed by atoms with van der Waals surface area (Å²) in [5.74, 6) is 1.35. The van der Waals surface area contributed by atoms with Crippen molar-refractivity contribution in [3.63, 3.8) is 0 Å². The van der Waals surface area contributed by atoms with Crippen LogP contribution in [0.5, 0.6) is 5.75 Å². The molecular formula is C14H19BrN2OS. The zero-order chi connectivity index (χ0) is 13.7. The zero-order valence-corrected chi connectivity index (χ0v) is 13.3. The number of halogens is 1. The Bertz CT molecular complexity index is 416. The van der Waals surface area contributed by atoms with Gasteiger partial charge in [-0.25, -0.2) is 0 Å². The normalized spacial score (nSPS) is 17.3. The molecule has 0 aromatic heterocycles. The van der Waals surface area contributed by atoms with Gasteiger partial charge in [-0.05, 0) is 50.2 Å². The highest BCUT2D eigenvalue weighted by atomic mass is 79.9. The van der Waals surface area contributed by atoms with E-state index in [1.165, 1.54) is 0 Å². The summed E-state index contributed by atoms with van der Waals surface area (Å²) < 4.78 is 6.79. The predicted octanol–water partition coefficient (Wildman–Crippen LogP) is 2.83. The van der Waals surface area contributed by atoms with Gasteiger partial charge in [0, 0.05) is 16.9 Å². The van der Waals surface area contributed by atoms with Crippen molar-refractivity contribution in [2.45, 2.75) is 12.8 Å². The van der Waals surface area contributed by atoms with Gasteiger partial charge < -0.3 is 10.5 Å². The molecular weight excluding hydrogens is 324 g/mol. The molecule has 1 aromatic carbocycles. The minimum Gasteiger partial charge on any atom is -0.492 e. The van der Waals surface area contributed by atoms with Crippen LogP contribution >= 0.6 is 28.1 Å². The summed E-state index contributed by atoms with van der Waals surface area (Å²) in [7, 11) is 0. The molecule has 5 heteroatoms. The van der Waals surface area contributed by atoms with Gasteiger partial charge in [-0.15, -0.1) is 0 Å². The van der Waals surface area contributed by atoms with E-state index in [0.29, 0.717) is 10.9 Å². The average Bonchev–Trinajstić information content (AvgIpc) is 2.41. The average molecular weight is 343 g/mol. The molecule has 1 heterocycles. The van der Waals surface area contributed by atoms with E-state index >= 15 is 0 Å². The van der Waals surface area contributed by atoms with Crippen molar-refractivity contribution in [1.82, 2.24) is 4.90 Å². The molecule has 3 nitrogen and oxygen atoms in total. The lowest BCUT2D eigenvalue weighted by Gasteiger charge is -2.31. The number of rotatable bonds is 5. The topological polar surface area (TPSA) is 38.5 Å². The Hall–Kier alpha value is -0.650. The third-order valence-electron chi connectivity index (χ3n) is 3.48. The maximum atomic E-state index is 5.73. The third kappa shape index (κ3) is 4.75. The fraction of sp³-hybridized carbons (Fsp3) is 0.500. The quantitative estimate of drug-likeness (QED) is 0.835. The van der Waals surface area contributed by atoms with Crippen LogP contribution in [0.25, 0.3) is 0 Å². The van der Waals surface area contributed by atoms with E-state index in [4.69, 9.17) is 22.7 Å². The maximum Gasteiger partial charge on any atom is 0.119 e. The van der Waals surface area contributed by atoms with Crippen molar-refractivity contribution >= 4 is 33.1 Å². The molecule has 2 N–H and O–H groups in total. The zero-order valence-electron chi connectivity index (χ0n) is 10.8. The number of hydrogen-bond donors (Lipinski definition) is 1. The van der Waals surface area contributed by atoms with Crippen molar-refractivity contribution in [2.24, 2.45) is 11.7 Å². The second kappa shape index (κ2) is 7.22. The fourth-order valence-corrected chi connectivity index (χ4v) is 2.76. The number of piperidine rings is 1. The van der Waals surface area contributed by atoms with Gasteiger partial charge in [-0.3, -0.25) is 4.90 Å². The summed E-state index contributed by atoms with van der Waals surface area (Å²) in [6.45, 7) is 3.80. The predicted molar refractivity (Wildman–Crippen MR) is 85.6 cm³/mol. The van der Waals surface area contributed by atoms with Crippen molar-refractivity contribution in [2.75, 3.05) is 26.2 Å². The molecule has 1 saturated heterocycles. The van der Waals surface area contributed by atoms with Crippen LogP contribution in [0.4, 0.5) is 0 Å². The summed E-state index contributed by atoms with van der Waals surface area (Å²) in [5, 5.41) is 0. The van der Waals surface area contributed by atoms with E-state index < -0.39 is 0 Å². The van der Waals surface area contributed by atoms with E-state index in [-0.39, 0.29) is 0 Å². The molecule has 1 fully saturated rings. The SMILES string of the molecule is NC(=S)C1CCN(CCOc2ccc(Br)cc2)CC1. The second-order valence-corrected chi connectivity index (χ2v) is 6.21. The molecule has 0 atom stereocenters. The highest BCUT2D eigenvalue weighted by Crippen LogP contribution is 2.18. The lowest BCUT2D eigenvalue weighted by molar-refractivity contribution is 0.171. The van der Waals surface area contributed by atoms with E-state index in [0.717, 1.165) is 49.3 Å². The van der Waals surface area contributed by atoms with Gasteiger partial charge >= 0.3 is 0 Å². The van der Waals surface area contributed by atoms with Crippen LogP contribution in [0.3, 0.4) is 0 Å². The number of benzene rings is 1. The first-order valence-corrected chi connectivity index (χ1v) is 7.75. The van der Waals surface area contributed by atoms with Crippen LogP contribution in [0, 0.1) is 5.92 Å². The first-order valence-electron chi connectivity index (χ1n) is 6.55. The Morgan fingerprint density at radius 3 is 2.53 bits per heavy atom. The van der Waals surface area contributed by atoms with Crippen LogP contribution in [0.15, 0.2) is 28.7 Å². The first-order chi connectivity index (χ1) is 9.15. The van der Waals surface area contributed by atoms with Crippen LogP contribution in [-0.4, -0.2) is 36.1 Å². The number of nitrogens with two attached hydrogens (primary N) is 1. The van der Waals surface area contributed by atoms with E-state index in [9.17, 15) is 0 Å². The summed E-state index contributed by atoms with van der Waals surface area (Å²) >= 11 is 8.46. The molecule has 0 aliphatic carbocycles. The van der Waals surface area contributed by atoms with Gasteiger partial charge in [0.05, 0.1) is 4.99 Å². The molecule has 0 amide bonds. The van der Waals surface area contributed by atoms with Crippen LogP contribution in [0.1, 0.15) is 12.8 Å². The number of nitrogens with zero attached hydrogens (tertiary/aromatic N) is 1. The molecule has 104 valence electrons. The molecule has 2 rings (SSSR count). The van der Waals surface area contributed by atoms with Crippen LogP contribution in [-0.2, 0) is 0 Å². The van der Waals surface area contributed by atoms with Crippen LogP contribution < -0.4 is 10.5 Å². The Kier molecular flexibility index (Phi) is 5.60. The summed E-state index contributed by atoms with van der Waals surface area (Å²) in [4.78, 5) is 3.08. The third-order valence-corrected chi connectivity index (χ3v) is 4.34. The number of likely N-dealkylation sites (tertiary alicyclic amines) is 1. The monoisotopic (exact) mass is 342 g/mol. The van der Waals surface area contributed by atoms with Gasteiger partial charge in [0.15, 0.2) is 0 Å². The lowest BCUT2D eigenvalue weighted by atomic mass is 9.97.